The molecule has 1 aliphatic heterocycles. The average Bonchev–Trinajstić information content (AvgIpc) is 3.15. The number of amides is 2. The molecule has 0 spiro atoms. The third kappa shape index (κ3) is 3.47. The van der Waals surface area contributed by atoms with E-state index < -0.39 is 6.04 Å². The summed E-state index contributed by atoms with van der Waals surface area (Å²) in [5.41, 5.74) is 5.44. The van der Waals surface area contributed by atoms with Gasteiger partial charge in [-0.15, -0.1) is 0 Å². The smallest absolute Gasteiger partial charge is 0.267 e. The summed E-state index contributed by atoms with van der Waals surface area (Å²) in [4.78, 5) is 37.7. The van der Waals surface area contributed by atoms with Gasteiger partial charge in [-0.25, -0.2) is 4.68 Å². The molecule has 0 saturated carbocycles. The molecule has 0 aromatic carbocycles. The Morgan fingerprint density at radius 3 is 2.60 bits per heavy atom. The fourth-order valence-electron chi connectivity index (χ4n) is 3.01. The van der Waals surface area contributed by atoms with Crippen LogP contribution in [0.3, 0.4) is 0 Å². The van der Waals surface area contributed by atoms with Crippen LogP contribution in [0.1, 0.15) is 25.8 Å². The molecule has 2 amide bonds. The van der Waals surface area contributed by atoms with Crippen molar-refractivity contribution in [3.8, 4) is 11.5 Å². The molecule has 8 nitrogen and oxygen atoms in total. The Kier molecular flexibility index (Phi) is 4.69. The molecular weight excluding hydrogens is 324 g/mol. The van der Waals surface area contributed by atoms with E-state index >= 15 is 0 Å². The minimum atomic E-state index is -0.743. The maximum absolute atomic E-state index is 12.7. The van der Waals surface area contributed by atoms with Crippen molar-refractivity contribution >= 4 is 11.8 Å². The fourth-order valence-corrected chi connectivity index (χ4v) is 3.01. The van der Waals surface area contributed by atoms with Crippen molar-refractivity contribution in [3.63, 3.8) is 0 Å². The minimum Gasteiger partial charge on any atom is -0.463 e. The zero-order valence-corrected chi connectivity index (χ0v) is 13.9. The Morgan fingerprint density at radius 1 is 1.28 bits per heavy atom. The van der Waals surface area contributed by atoms with Crippen LogP contribution in [0, 0.1) is 5.92 Å². The van der Waals surface area contributed by atoms with Gasteiger partial charge in [-0.2, -0.15) is 5.10 Å². The zero-order valence-electron chi connectivity index (χ0n) is 13.9. The highest BCUT2D eigenvalue weighted by atomic mass is 16.3. The van der Waals surface area contributed by atoms with Gasteiger partial charge in [0.1, 0.15) is 11.7 Å². The predicted molar refractivity (Wildman–Crippen MR) is 89.4 cm³/mol. The number of hydrogen-bond acceptors (Lipinski definition) is 5. The van der Waals surface area contributed by atoms with Crippen LogP contribution in [0.4, 0.5) is 0 Å². The largest absolute Gasteiger partial charge is 0.463 e. The molecule has 8 heteroatoms. The Hall–Kier alpha value is -2.90. The van der Waals surface area contributed by atoms with E-state index in [1.807, 2.05) is 0 Å². The van der Waals surface area contributed by atoms with Gasteiger partial charge >= 0.3 is 0 Å². The molecule has 1 fully saturated rings. The summed E-state index contributed by atoms with van der Waals surface area (Å²) in [6, 6.07) is 5.65. The molecule has 2 aromatic rings. The second kappa shape index (κ2) is 6.92. The first-order valence-electron chi connectivity index (χ1n) is 8.19. The molecule has 1 atom stereocenters. The van der Waals surface area contributed by atoms with Crippen LogP contribution in [-0.2, 0) is 9.59 Å². The molecule has 1 unspecified atom stereocenters. The van der Waals surface area contributed by atoms with E-state index in [-0.39, 0.29) is 23.3 Å². The predicted octanol–water partition coefficient (Wildman–Crippen LogP) is 0.788. The molecule has 1 aliphatic rings. The van der Waals surface area contributed by atoms with Crippen molar-refractivity contribution in [2.45, 2.75) is 25.8 Å². The van der Waals surface area contributed by atoms with Gasteiger partial charge in [-0.3, -0.25) is 14.4 Å². The standard InChI is InChI=1S/C17H20N4O4/c1-11(17(24)20-8-6-12(7-9-20)16(18)23)21-15(22)5-4-13(19-21)14-3-2-10-25-14/h2-5,10-12H,6-9H2,1H3,(H2,18,23). The first kappa shape index (κ1) is 16.9. The second-order valence-electron chi connectivity index (χ2n) is 6.16. The fraction of sp³-hybridized carbons (Fsp3) is 0.412. The molecule has 1 saturated heterocycles. The lowest BCUT2D eigenvalue weighted by atomic mass is 9.96. The molecule has 2 N–H and O–H groups in total. The number of carbonyl (C=O) groups is 2. The maximum Gasteiger partial charge on any atom is 0.267 e. The highest BCUT2D eigenvalue weighted by molar-refractivity contribution is 5.81. The quantitative estimate of drug-likeness (QED) is 0.881. The monoisotopic (exact) mass is 344 g/mol. The lowest BCUT2D eigenvalue weighted by Crippen LogP contribution is -2.45. The van der Waals surface area contributed by atoms with Gasteiger partial charge in [-0.1, -0.05) is 0 Å². The SMILES string of the molecule is CC(C(=O)N1CCC(C(N)=O)CC1)n1nc(-c2ccco2)ccc1=O. The number of likely N-dealkylation sites (tertiary alicyclic amines) is 1. The number of carbonyl (C=O) groups excluding carboxylic acids is 2. The molecular formula is C17H20N4O4. The van der Waals surface area contributed by atoms with Crippen LogP contribution >= 0.6 is 0 Å². The van der Waals surface area contributed by atoms with Crippen LogP contribution in [0.15, 0.2) is 39.7 Å². The van der Waals surface area contributed by atoms with Crippen LogP contribution in [0.5, 0.6) is 0 Å². The summed E-state index contributed by atoms with van der Waals surface area (Å²) in [7, 11) is 0. The van der Waals surface area contributed by atoms with Gasteiger partial charge < -0.3 is 15.1 Å². The number of piperidine rings is 1. The first-order valence-corrected chi connectivity index (χ1v) is 8.19. The van der Waals surface area contributed by atoms with E-state index in [1.54, 1.807) is 30.0 Å². The van der Waals surface area contributed by atoms with E-state index in [0.29, 0.717) is 37.4 Å². The topological polar surface area (TPSA) is 111 Å². The molecule has 3 rings (SSSR count). The summed E-state index contributed by atoms with van der Waals surface area (Å²) >= 11 is 0. The van der Waals surface area contributed by atoms with Crippen LogP contribution in [0.2, 0.25) is 0 Å². The van der Waals surface area contributed by atoms with Crippen molar-refractivity contribution in [2.24, 2.45) is 11.7 Å². The van der Waals surface area contributed by atoms with E-state index in [9.17, 15) is 14.4 Å². The van der Waals surface area contributed by atoms with Crippen LogP contribution < -0.4 is 11.3 Å². The van der Waals surface area contributed by atoms with Crippen LogP contribution in [-0.4, -0.2) is 39.6 Å². The van der Waals surface area contributed by atoms with Crippen molar-refractivity contribution in [3.05, 3.63) is 40.9 Å². The number of rotatable bonds is 4. The summed E-state index contributed by atoms with van der Waals surface area (Å²) in [6.07, 6.45) is 2.61. The molecule has 0 radical (unpaired) electrons. The van der Waals surface area contributed by atoms with Gasteiger partial charge in [-0.05, 0) is 38.0 Å². The van der Waals surface area contributed by atoms with Gasteiger partial charge in [0.05, 0.1) is 6.26 Å². The molecule has 2 aromatic heterocycles. The second-order valence-corrected chi connectivity index (χ2v) is 6.16. The number of furan rings is 1. The molecule has 0 aliphatic carbocycles. The highest BCUT2D eigenvalue weighted by Crippen LogP contribution is 2.20. The van der Waals surface area contributed by atoms with E-state index in [2.05, 4.69) is 5.10 Å². The third-order valence-electron chi connectivity index (χ3n) is 4.53. The zero-order chi connectivity index (χ0) is 18.0. The van der Waals surface area contributed by atoms with Crippen LogP contribution in [0.25, 0.3) is 11.5 Å². The normalized spacial score (nSPS) is 16.6. The molecule has 25 heavy (non-hydrogen) atoms. The Labute approximate surface area is 144 Å². The number of hydrogen-bond donors (Lipinski definition) is 1. The average molecular weight is 344 g/mol. The summed E-state index contributed by atoms with van der Waals surface area (Å²) in [5.74, 6) is -0.198. The number of primary amides is 1. The highest BCUT2D eigenvalue weighted by Gasteiger charge is 2.29. The van der Waals surface area contributed by atoms with Gasteiger partial charge in [0.15, 0.2) is 5.76 Å². The van der Waals surface area contributed by atoms with Crippen molar-refractivity contribution in [1.82, 2.24) is 14.7 Å². The van der Waals surface area contributed by atoms with Gasteiger partial charge in [0, 0.05) is 25.1 Å². The first-order chi connectivity index (χ1) is 12.0. The molecule has 132 valence electrons. The lowest BCUT2D eigenvalue weighted by molar-refractivity contribution is -0.137. The van der Waals surface area contributed by atoms with Gasteiger partial charge in [0.2, 0.25) is 11.8 Å². The van der Waals surface area contributed by atoms with E-state index in [4.69, 9.17) is 10.2 Å². The number of nitrogens with two attached hydrogens (primary N) is 1. The Bertz CT molecular complexity index is 819. The summed E-state index contributed by atoms with van der Waals surface area (Å²) in [6.45, 7) is 2.54. The molecule has 3 heterocycles. The maximum atomic E-state index is 12.7. The summed E-state index contributed by atoms with van der Waals surface area (Å²) < 4.78 is 6.46. The van der Waals surface area contributed by atoms with E-state index in [1.165, 1.54) is 17.0 Å². The van der Waals surface area contributed by atoms with E-state index in [0.717, 1.165) is 0 Å². The minimum absolute atomic E-state index is 0.192. The Balaban J connectivity index is 1.77. The van der Waals surface area contributed by atoms with Crippen molar-refractivity contribution < 1.29 is 14.0 Å². The number of nitrogens with zero attached hydrogens (tertiary/aromatic N) is 3. The summed E-state index contributed by atoms with van der Waals surface area (Å²) in [5, 5.41) is 4.26. The molecule has 0 bridgehead atoms. The lowest BCUT2D eigenvalue weighted by Gasteiger charge is -2.32. The Morgan fingerprint density at radius 2 is 2.00 bits per heavy atom. The third-order valence-corrected chi connectivity index (χ3v) is 4.53. The van der Waals surface area contributed by atoms with Gasteiger partial charge in [0.25, 0.3) is 5.56 Å². The van der Waals surface area contributed by atoms with Crippen molar-refractivity contribution in [2.75, 3.05) is 13.1 Å². The number of aromatic nitrogens is 2. The van der Waals surface area contributed by atoms with Crippen molar-refractivity contribution in [1.29, 1.82) is 0 Å².